The zero-order valence-corrected chi connectivity index (χ0v) is 10.1. The second-order valence-corrected chi connectivity index (χ2v) is 4.53. The summed E-state index contributed by atoms with van der Waals surface area (Å²) in [6.07, 6.45) is 1.26. The van der Waals surface area contributed by atoms with Crippen molar-refractivity contribution in [2.45, 2.75) is 33.2 Å². The molecule has 17 heavy (non-hydrogen) atoms. The van der Waals surface area contributed by atoms with Gasteiger partial charge in [-0.1, -0.05) is 13.8 Å². The molecule has 0 aliphatic heterocycles. The van der Waals surface area contributed by atoms with Gasteiger partial charge in [-0.2, -0.15) is 0 Å². The Balaban J connectivity index is 3.24. The molecule has 1 atom stereocenters. The molecule has 0 radical (unpaired) electrons. The van der Waals surface area contributed by atoms with Crippen molar-refractivity contribution in [3.8, 4) is 0 Å². The van der Waals surface area contributed by atoms with Crippen molar-refractivity contribution in [1.29, 1.82) is 0 Å². The van der Waals surface area contributed by atoms with Crippen LogP contribution in [0.4, 0.5) is 4.39 Å². The van der Waals surface area contributed by atoms with Crippen molar-refractivity contribution in [1.82, 2.24) is 4.57 Å². The molecule has 0 bridgehead atoms. The number of aryl methyl sites for hydroxylation is 1. The molecule has 1 aromatic heterocycles. The minimum atomic E-state index is -1.12. The summed E-state index contributed by atoms with van der Waals surface area (Å²) >= 11 is 0. The fourth-order valence-corrected chi connectivity index (χ4v) is 1.64. The largest absolute Gasteiger partial charge is 0.480 e. The smallest absolute Gasteiger partial charge is 0.326 e. The molecule has 0 aliphatic rings. The van der Waals surface area contributed by atoms with Crippen LogP contribution in [-0.2, 0) is 4.79 Å². The molecule has 0 aliphatic carbocycles. The van der Waals surface area contributed by atoms with Gasteiger partial charge in [0, 0.05) is 12.3 Å². The van der Waals surface area contributed by atoms with Crippen LogP contribution in [0.1, 0.15) is 31.9 Å². The number of aromatic nitrogens is 1. The normalized spacial score (nSPS) is 12.8. The highest BCUT2D eigenvalue weighted by atomic mass is 19.1. The first-order valence-electron chi connectivity index (χ1n) is 5.44. The third-order valence-corrected chi connectivity index (χ3v) is 2.54. The molecule has 0 spiro atoms. The second-order valence-electron chi connectivity index (χ2n) is 4.53. The maximum Gasteiger partial charge on any atom is 0.326 e. The number of carboxylic acids is 1. The van der Waals surface area contributed by atoms with Crippen molar-refractivity contribution in [3.05, 3.63) is 34.0 Å². The number of pyridine rings is 1. The van der Waals surface area contributed by atoms with Crippen molar-refractivity contribution < 1.29 is 14.3 Å². The predicted molar refractivity (Wildman–Crippen MR) is 61.5 cm³/mol. The summed E-state index contributed by atoms with van der Waals surface area (Å²) < 4.78 is 14.3. The van der Waals surface area contributed by atoms with Gasteiger partial charge in [0.25, 0.3) is 5.56 Å². The lowest BCUT2D eigenvalue weighted by Crippen LogP contribution is -2.30. The monoisotopic (exact) mass is 241 g/mol. The quantitative estimate of drug-likeness (QED) is 0.876. The molecule has 0 saturated carbocycles. The maximum atomic E-state index is 13.4. The Morgan fingerprint density at radius 2 is 2.12 bits per heavy atom. The molecule has 1 N–H and O–H groups in total. The van der Waals surface area contributed by atoms with E-state index >= 15 is 0 Å². The van der Waals surface area contributed by atoms with E-state index in [9.17, 15) is 14.0 Å². The number of rotatable bonds is 4. The molecule has 0 saturated heterocycles. The maximum absolute atomic E-state index is 13.4. The number of carboxylic acid groups (broad SMARTS) is 1. The fourth-order valence-electron chi connectivity index (χ4n) is 1.64. The number of nitrogens with zero attached hydrogens (tertiary/aromatic N) is 1. The molecule has 0 amide bonds. The zero-order valence-electron chi connectivity index (χ0n) is 10.1. The summed E-state index contributed by atoms with van der Waals surface area (Å²) in [5.74, 6) is -1.59. The summed E-state index contributed by atoms with van der Waals surface area (Å²) in [7, 11) is 0. The van der Waals surface area contributed by atoms with Crippen LogP contribution in [0.5, 0.6) is 0 Å². The van der Waals surface area contributed by atoms with Gasteiger partial charge in [-0.05, 0) is 24.8 Å². The predicted octanol–water partition coefficient (Wildman–Crippen LogP) is 1.97. The zero-order chi connectivity index (χ0) is 13.2. The van der Waals surface area contributed by atoms with E-state index in [1.165, 1.54) is 6.92 Å². The second kappa shape index (κ2) is 5.12. The molecule has 0 aromatic carbocycles. The molecule has 4 nitrogen and oxygen atoms in total. The van der Waals surface area contributed by atoms with Crippen LogP contribution in [0.3, 0.4) is 0 Å². The Labute approximate surface area is 98.7 Å². The first-order valence-corrected chi connectivity index (χ1v) is 5.44. The molecule has 1 unspecified atom stereocenters. The highest BCUT2D eigenvalue weighted by Crippen LogP contribution is 2.17. The fraction of sp³-hybridized carbons (Fsp3) is 0.500. The Bertz CT molecular complexity index is 479. The number of halogens is 1. The standard InChI is InChI=1S/C12H16FNO3/c1-7(2)4-10(12(16)17)14-6-9(13)8(3)5-11(14)15/h5-7,10H,4H2,1-3H3,(H,16,17). The third-order valence-electron chi connectivity index (χ3n) is 2.54. The SMILES string of the molecule is Cc1cc(=O)n(C(CC(C)C)C(=O)O)cc1F. The molecule has 1 heterocycles. The minimum absolute atomic E-state index is 0.104. The minimum Gasteiger partial charge on any atom is -0.480 e. The molecule has 1 aromatic rings. The van der Waals surface area contributed by atoms with Crippen molar-refractivity contribution in [3.63, 3.8) is 0 Å². The molecule has 5 heteroatoms. The van der Waals surface area contributed by atoms with Crippen LogP contribution in [0.15, 0.2) is 17.1 Å². The van der Waals surface area contributed by atoms with Crippen molar-refractivity contribution >= 4 is 5.97 Å². The number of hydrogen-bond acceptors (Lipinski definition) is 2. The van der Waals surface area contributed by atoms with Crippen LogP contribution < -0.4 is 5.56 Å². The summed E-state index contributed by atoms with van der Waals surface area (Å²) in [5.41, 5.74) is -0.267. The van der Waals surface area contributed by atoms with E-state index < -0.39 is 23.4 Å². The Hall–Kier alpha value is -1.65. The molecular weight excluding hydrogens is 225 g/mol. The Morgan fingerprint density at radius 1 is 1.53 bits per heavy atom. The van der Waals surface area contributed by atoms with E-state index in [1.807, 2.05) is 13.8 Å². The molecular formula is C12H16FNO3. The lowest BCUT2D eigenvalue weighted by atomic mass is 10.0. The summed E-state index contributed by atoms with van der Waals surface area (Å²) in [5, 5.41) is 9.08. The van der Waals surface area contributed by atoms with Gasteiger partial charge in [-0.25, -0.2) is 9.18 Å². The Morgan fingerprint density at radius 3 is 2.59 bits per heavy atom. The van der Waals surface area contributed by atoms with Crippen LogP contribution in [0.2, 0.25) is 0 Å². The average molecular weight is 241 g/mol. The highest BCUT2D eigenvalue weighted by Gasteiger charge is 2.22. The summed E-state index contributed by atoms with van der Waals surface area (Å²) in [6.45, 7) is 5.18. The average Bonchev–Trinajstić information content (AvgIpc) is 2.20. The van der Waals surface area contributed by atoms with Gasteiger partial charge < -0.3 is 5.11 Å². The highest BCUT2D eigenvalue weighted by molar-refractivity contribution is 5.71. The van der Waals surface area contributed by atoms with Crippen LogP contribution in [0.25, 0.3) is 0 Å². The van der Waals surface area contributed by atoms with E-state index in [0.29, 0.717) is 0 Å². The first-order chi connectivity index (χ1) is 7.82. The van der Waals surface area contributed by atoms with Crippen LogP contribution in [-0.4, -0.2) is 15.6 Å². The third kappa shape index (κ3) is 3.15. The number of hydrogen-bond donors (Lipinski definition) is 1. The lowest BCUT2D eigenvalue weighted by molar-refractivity contribution is -0.141. The van der Waals surface area contributed by atoms with Gasteiger partial charge in [0.15, 0.2) is 0 Å². The first kappa shape index (κ1) is 13.4. The summed E-state index contributed by atoms with van der Waals surface area (Å²) in [6, 6.07) is 0.101. The molecule has 0 fully saturated rings. The van der Waals surface area contributed by atoms with Crippen molar-refractivity contribution in [2.24, 2.45) is 5.92 Å². The van der Waals surface area contributed by atoms with Gasteiger partial charge in [0.1, 0.15) is 11.9 Å². The molecule has 94 valence electrons. The van der Waals surface area contributed by atoms with Crippen LogP contribution in [0, 0.1) is 18.7 Å². The molecule has 1 rings (SSSR count). The van der Waals surface area contributed by atoms with E-state index in [2.05, 4.69) is 0 Å². The van der Waals surface area contributed by atoms with E-state index in [-0.39, 0.29) is 17.9 Å². The number of carbonyl (C=O) groups is 1. The van der Waals surface area contributed by atoms with Gasteiger partial charge in [-0.3, -0.25) is 9.36 Å². The lowest BCUT2D eigenvalue weighted by Gasteiger charge is -2.17. The Kier molecular flexibility index (Phi) is 4.04. The summed E-state index contributed by atoms with van der Waals surface area (Å²) in [4.78, 5) is 22.8. The van der Waals surface area contributed by atoms with Gasteiger partial charge in [-0.15, -0.1) is 0 Å². The van der Waals surface area contributed by atoms with E-state index in [4.69, 9.17) is 5.11 Å². The number of aliphatic carboxylic acids is 1. The van der Waals surface area contributed by atoms with Gasteiger partial charge in [0.05, 0.1) is 0 Å². The van der Waals surface area contributed by atoms with Gasteiger partial charge >= 0.3 is 5.97 Å². The van der Waals surface area contributed by atoms with Crippen LogP contribution >= 0.6 is 0 Å². The topological polar surface area (TPSA) is 59.3 Å². The van der Waals surface area contributed by atoms with E-state index in [1.54, 1.807) is 0 Å². The van der Waals surface area contributed by atoms with Crippen molar-refractivity contribution in [2.75, 3.05) is 0 Å². The van der Waals surface area contributed by atoms with E-state index in [0.717, 1.165) is 16.8 Å². The van der Waals surface area contributed by atoms with Gasteiger partial charge in [0.2, 0.25) is 0 Å².